The molecule has 0 radical (unpaired) electrons. The average molecular weight is 215 g/mol. The zero-order chi connectivity index (χ0) is 10.6. The second-order valence-electron chi connectivity index (χ2n) is 4.13. The minimum atomic E-state index is -0.0620. The maximum Gasteiger partial charge on any atom is 0.177 e. The van der Waals surface area contributed by atoms with Crippen LogP contribution < -0.4 is 0 Å². The smallest absolute Gasteiger partial charge is 0.177 e. The summed E-state index contributed by atoms with van der Waals surface area (Å²) in [6.45, 7) is 10.5. The van der Waals surface area contributed by atoms with Gasteiger partial charge < -0.3 is 0 Å². The van der Waals surface area contributed by atoms with Gasteiger partial charge in [0.2, 0.25) is 0 Å². The molecule has 4 heteroatoms. The van der Waals surface area contributed by atoms with Crippen LogP contribution >= 0.6 is 0 Å². The molecule has 0 aromatic rings. The fourth-order valence-corrected chi connectivity index (χ4v) is 4.08. The third-order valence-electron chi connectivity index (χ3n) is 3.11. The van der Waals surface area contributed by atoms with Crippen LogP contribution in [0.15, 0.2) is 0 Å². The molecule has 1 fully saturated rings. The Hall–Kier alpha value is 0.0969. The van der Waals surface area contributed by atoms with Crippen LogP contribution in [0.5, 0.6) is 0 Å². The van der Waals surface area contributed by atoms with Crippen molar-refractivity contribution in [3.63, 3.8) is 0 Å². The van der Waals surface area contributed by atoms with Crippen molar-refractivity contribution < 1.29 is 0 Å². The molecule has 0 bridgehead atoms. The summed E-state index contributed by atoms with van der Waals surface area (Å²) in [7, 11) is 2.17. The zero-order valence-electron chi connectivity index (χ0n) is 10.2. The van der Waals surface area contributed by atoms with Gasteiger partial charge in [0.1, 0.15) is 6.29 Å². The van der Waals surface area contributed by atoms with E-state index >= 15 is 0 Å². The second-order valence-corrected chi connectivity index (χ2v) is 6.04. The van der Waals surface area contributed by atoms with Crippen LogP contribution in [-0.4, -0.2) is 56.8 Å². The highest BCUT2D eigenvalue weighted by Gasteiger charge is 2.36. The largest absolute Gasteiger partial charge is 0.290 e. The molecule has 0 aromatic heterocycles. The third-order valence-corrected chi connectivity index (χ3v) is 5.26. The molecule has 0 amide bonds. The molecule has 0 N–H and O–H groups in total. The Kier molecular flexibility index (Phi) is 5.09. The minimum absolute atomic E-state index is 0.0620. The maximum absolute atomic E-state index is 2.70. The maximum atomic E-state index is 2.70. The summed E-state index contributed by atoms with van der Waals surface area (Å²) in [6, 6.07) is 0. The molecule has 1 aliphatic rings. The van der Waals surface area contributed by atoms with Gasteiger partial charge in [-0.25, -0.2) is 0 Å². The summed E-state index contributed by atoms with van der Waals surface area (Å²) in [5.41, 5.74) is 0. The number of rotatable bonds is 6. The molecule has 1 heterocycles. The average Bonchev–Trinajstić information content (AvgIpc) is 2.16. The molecule has 1 saturated heterocycles. The summed E-state index contributed by atoms with van der Waals surface area (Å²) >= 11 is 0. The van der Waals surface area contributed by atoms with Crippen LogP contribution in [0.3, 0.4) is 0 Å². The van der Waals surface area contributed by atoms with Crippen LogP contribution in [0.4, 0.5) is 0 Å². The van der Waals surface area contributed by atoms with Gasteiger partial charge >= 0.3 is 0 Å². The molecule has 84 valence electrons. The number of unbranched alkanes of at least 4 members (excludes halogenated alkanes) is 1. The van der Waals surface area contributed by atoms with Crippen molar-refractivity contribution in [1.29, 1.82) is 0 Å². The molecule has 0 aromatic carbocycles. The van der Waals surface area contributed by atoms with E-state index in [9.17, 15) is 0 Å². The topological polar surface area (TPSA) is 9.72 Å². The molecular weight excluding hydrogens is 190 g/mol. The zero-order valence-corrected chi connectivity index (χ0v) is 11.6. The van der Waals surface area contributed by atoms with Crippen molar-refractivity contribution in [3.05, 3.63) is 0 Å². The van der Waals surface area contributed by atoms with Gasteiger partial charge in [0.05, 0.1) is 0 Å². The van der Waals surface area contributed by atoms with E-state index in [0.29, 0.717) is 6.29 Å². The highest BCUT2D eigenvalue weighted by atomic mass is 28.2. The van der Waals surface area contributed by atoms with Crippen molar-refractivity contribution in [3.8, 4) is 0 Å². The van der Waals surface area contributed by atoms with Gasteiger partial charge in [-0.2, -0.15) is 0 Å². The van der Waals surface area contributed by atoms with E-state index in [0.717, 1.165) is 6.54 Å². The Balaban J connectivity index is 2.38. The summed E-state index contributed by atoms with van der Waals surface area (Å²) in [5, 5.41) is 0. The summed E-state index contributed by atoms with van der Waals surface area (Å²) in [6.07, 6.45) is 3.31. The molecule has 1 aliphatic heterocycles. The van der Waals surface area contributed by atoms with E-state index < -0.39 is 0 Å². The lowest BCUT2D eigenvalue weighted by molar-refractivity contribution is -0.0240. The van der Waals surface area contributed by atoms with Gasteiger partial charge in [-0.15, -0.1) is 0 Å². The standard InChI is InChI=1S/C10H25N3Si/c1-5-8-9-13-10(11(4)6-2)12(7-3)14-13/h10H,5-9,14H2,1-4H3. The first-order chi connectivity index (χ1) is 6.74. The van der Waals surface area contributed by atoms with E-state index in [4.69, 9.17) is 0 Å². The predicted molar refractivity (Wildman–Crippen MR) is 64.6 cm³/mol. The van der Waals surface area contributed by atoms with Crippen LogP contribution in [0.25, 0.3) is 0 Å². The van der Waals surface area contributed by atoms with E-state index in [2.05, 4.69) is 41.8 Å². The van der Waals surface area contributed by atoms with Crippen LogP contribution in [0.1, 0.15) is 33.6 Å². The summed E-state index contributed by atoms with van der Waals surface area (Å²) < 4.78 is 5.36. The summed E-state index contributed by atoms with van der Waals surface area (Å²) in [5.74, 6) is 0. The van der Waals surface area contributed by atoms with Gasteiger partial charge in [-0.1, -0.05) is 27.2 Å². The first-order valence-corrected chi connectivity index (χ1v) is 7.19. The van der Waals surface area contributed by atoms with Gasteiger partial charge in [-0.05, 0) is 33.1 Å². The molecule has 0 spiro atoms. The lowest BCUT2D eigenvalue weighted by Gasteiger charge is -2.54. The number of hydrogen-bond acceptors (Lipinski definition) is 3. The Labute approximate surface area is 91.0 Å². The molecule has 1 unspecified atom stereocenters. The Morgan fingerprint density at radius 1 is 1.21 bits per heavy atom. The van der Waals surface area contributed by atoms with Gasteiger partial charge in [0.15, 0.2) is 9.84 Å². The van der Waals surface area contributed by atoms with Gasteiger partial charge in [-0.3, -0.25) is 14.0 Å². The molecular formula is C10H25N3Si. The predicted octanol–water partition coefficient (Wildman–Crippen LogP) is 0.658. The molecule has 1 rings (SSSR count). The van der Waals surface area contributed by atoms with Crippen molar-refractivity contribution in [2.45, 2.75) is 39.9 Å². The van der Waals surface area contributed by atoms with Gasteiger partial charge in [0, 0.05) is 0 Å². The third kappa shape index (κ3) is 2.57. The Morgan fingerprint density at radius 3 is 2.43 bits per heavy atom. The van der Waals surface area contributed by atoms with Crippen molar-refractivity contribution in [1.82, 2.24) is 14.0 Å². The summed E-state index contributed by atoms with van der Waals surface area (Å²) in [4.78, 5) is 2.45. The van der Waals surface area contributed by atoms with E-state index in [1.165, 1.54) is 25.9 Å². The lowest BCUT2D eigenvalue weighted by atomic mass is 10.3. The highest BCUT2D eigenvalue weighted by Crippen LogP contribution is 2.19. The van der Waals surface area contributed by atoms with E-state index in [1.807, 2.05) is 0 Å². The van der Waals surface area contributed by atoms with Crippen LogP contribution in [-0.2, 0) is 0 Å². The van der Waals surface area contributed by atoms with Crippen LogP contribution in [0, 0.1) is 0 Å². The lowest BCUT2D eigenvalue weighted by Crippen LogP contribution is -2.72. The van der Waals surface area contributed by atoms with E-state index in [1.54, 1.807) is 0 Å². The molecule has 1 atom stereocenters. The number of nitrogens with zero attached hydrogens (tertiary/aromatic N) is 3. The molecule has 0 aliphatic carbocycles. The number of hydrogen-bond donors (Lipinski definition) is 0. The highest BCUT2D eigenvalue weighted by molar-refractivity contribution is 6.32. The van der Waals surface area contributed by atoms with Gasteiger partial charge in [0.25, 0.3) is 0 Å². The monoisotopic (exact) mass is 215 g/mol. The SMILES string of the molecule is CCCCN1[SiH2]N(CC)C1N(C)CC. The quantitative estimate of drug-likeness (QED) is 0.603. The Bertz CT molecular complexity index is 157. The molecule has 3 nitrogen and oxygen atoms in total. The second kappa shape index (κ2) is 5.85. The molecule has 0 saturated carbocycles. The molecule has 14 heavy (non-hydrogen) atoms. The van der Waals surface area contributed by atoms with Crippen molar-refractivity contribution in [2.75, 3.05) is 26.7 Å². The van der Waals surface area contributed by atoms with E-state index in [-0.39, 0.29) is 9.84 Å². The van der Waals surface area contributed by atoms with Crippen molar-refractivity contribution >= 4 is 9.84 Å². The first-order valence-electron chi connectivity index (χ1n) is 5.92. The first kappa shape index (κ1) is 12.2. The minimum Gasteiger partial charge on any atom is -0.290 e. The van der Waals surface area contributed by atoms with Crippen molar-refractivity contribution in [2.24, 2.45) is 0 Å². The normalized spacial score (nSPS) is 25.9. The fraction of sp³-hybridized carbons (Fsp3) is 1.00. The Morgan fingerprint density at radius 2 is 1.93 bits per heavy atom. The van der Waals surface area contributed by atoms with Crippen LogP contribution in [0.2, 0.25) is 0 Å². The fourth-order valence-electron chi connectivity index (χ4n) is 2.05.